The lowest BCUT2D eigenvalue weighted by Gasteiger charge is -2.35. The Balaban J connectivity index is 1.35. The summed E-state index contributed by atoms with van der Waals surface area (Å²) in [7, 11) is 0. The number of nitrogens with zero attached hydrogens (tertiary/aromatic N) is 2. The highest BCUT2D eigenvalue weighted by atomic mass is 16.2. The van der Waals surface area contributed by atoms with Crippen LogP contribution in [-0.2, 0) is 9.59 Å². The molecule has 3 rings (SSSR count). The standard InChI is InChI=1S/C17H29N3O2/c21-16(18-15-6-7-15)13-19-8-10-20(11-9-19)17(22)12-14-4-2-1-3-5-14/h14-15H,1-13H2,(H,18,21). The molecule has 3 fully saturated rings. The van der Waals surface area contributed by atoms with Gasteiger partial charge in [0.2, 0.25) is 11.8 Å². The van der Waals surface area contributed by atoms with Gasteiger partial charge in [-0.25, -0.2) is 0 Å². The van der Waals surface area contributed by atoms with Crippen LogP contribution < -0.4 is 5.32 Å². The Morgan fingerprint density at radius 3 is 2.23 bits per heavy atom. The van der Waals surface area contributed by atoms with Crippen molar-refractivity contribution in [3.63, 3.8) is 0 Å². The van der Waals surface area contributed by atoms with Crippen molar-refractivity contribution in [2.75, 3.05) is 32.7 Å². The van der Waals surface area contributed by atoms with Crippen LogP contribution in [-0.4, -0.2) is 60.4 Å². The lowest BCUT2D eigenvalue weighted by molar-refractivity contribution is -0.134. The van der Waals surface area contributed by atoms with Crippen LogP contribution >= 0.6 is 0 Å². The molecule has 0 unspecified atom stereocenters. The van der Waals surface area contributed by atoms with Crippen LogP contribution in [0.1, 0.15) is 51.4 Å². The summed E-state index contributed by atoms with van der Waals surface area (Å²) >= 11 is 0. The average Bonchev–Trinajstić information content (AvgIpc) is 3.32. The molecule has 3 aliphatic rings. The van der Waals surface area contributed by atoms with Gasteiger partial charge in [-0.1, -0.05) is 19.3 Å². The molecule has 1 heterocycles. The summed E-state index contributed by atoms with van der Waals surface area (Å²) in [6.07, 6.45) is 9.39. The summed E-state index contributed by atoms with van der Waals surface area (Å²) in [5.41, 5.74) is 0. The minimum atomic E-state index is 0.143. The van der Waals surface area contributed by atoms with Crippen molar-refractivity contribution in [2.45, 2.75) is 57.4 Å². The molecule has 2 amide bonds. The van der Waals surface area contributed by atoms with Crippen molar-refractivity contribution in [3.05, 3.63) is 0 Å². The molecule has 5 nitrogen and oxygen atoms in total. The molecule has 2 aliphatic carbocycles. The largest absolute Gasteiger partial charge is 0.352 e. The van der Waals surface area contributed by atoms with Crippen LogP contribution in [0.25, 0.3) is 0 Å². The minimum Gasteiger partial charge on any atom is -0.352 e. The fraction of sp³-hybridized carbons (Fsp3) is 0.882. The van der Waals surface area contributed by atoms with Crippen LogP contribution in [0, 0.1) is 5.92 Å². The number of hydrogen-bond donors (Lipinski definition) is 1. The predicted molar refractivity (Wildman–Crippen MR) is 85.4 cm³/mol. The van der Waals surface area contributed by atoms with E-state index in [2.05, 4.69) is 10.2 Å². The summed E-state index contributed by atoms with van der Waals surface area (Å²) in [5.74, 6) is 1.09. The van der Waals surface area contributed by atoms with Gasteiger partial charge in [-0.3, -0.25) is 14.5 Å². The van der Waals surface area contributed by atoms with Crippen molar-refractivity contribution < 1.29 is 9.59 Å². The van der Waals surface area contributed by atoms with Gasteiger partial charge < -0.3 is 10.2 Å². The Morgan fingerprint density at radius 1 is 0.909 bits per heavy atom. The second kappa shape index (κ2) is 7.44. The van der Waals surface area contributed by atoms with Crippen LogP contribution in [0.2, 0.25) is 0 Å². The summed E-state index contributed by atoms with van der Waals surface area (Å²) in [5, 5.41) is 3.03. The Morgan fingerprint density at radius 2 is 1.59 bits per heavy atom. The molecule has 1 aliphatic heterocycles. The molecule has 124 valence electrons. The van der Waals surface area contributed by atoms with Crippen LogP contribution in [0.5, 0.6) is 0 Å². The number of amides is 2. The van der Waals surface area contributed by atoms with Gasteiger partial charge in [0.05, 0.1) is 6.54 Å². The fourth-order valence-electron chi connectivity index (χ4n) is 3.63. The number of piperazine rings is 1. The zero-order valence-corrected chi connectivity index (χ0v) is 13.6. The fourth-order valence-corrected chi connectivity index (χ4v) is 3.63. The van der Waals surface area contributed by atoms with Gasteiger partial charge in [-0.05, 0) is 31.6 Å². The summed E-state index contributed by atoms with van der Waals surface area (Å²) in [4.78, 5) is 28.4. The van der Waals surface area contributed by atoms with E-state index in [0.717, 1.165) is 45.4 Å². The third kappa shape index (κ3) is 4.70. The average molecular weight is 307 g/mol. The van der Waals surface area contributed by atoms with Crippen LogP contribution in [0.4, 0.5) is 0 Å². The predicted octanol–water partition coefficient (Wildman–Crippen LogP) is 1.38. The Labute approximate surface area is 133 Å². The van der Waals surface area contributed by atoms with Gasteiger partial charge in [0, 0.05) is 38.6 Å². The van der Waals surface area contributed by atoms with Crippen LogP contribution in [0.3, 0.4) is 0 Å². The second-order valence-electron chi connectivity index (χ2n) is 7.21. The van der Waals surface area contributed by atoms with E-state index in [9.17, 15) is 9.59 Å². The number of carbonyl (C=O) groups excluding carboxylic acids is 2. The van der Waals surface area contributed by atoms with E-state index in [1.54, 1.807) is 0 Å². The summed E-state index contributed by atoms with van der Waals surface area (Å²) < 4.78 is 0. The van der Waals surface area contributed by atoms with E-state index < -0.39 is 0 Å². The number of hydrogen-bond acceptors (Lipinski definition) is 3. The first-order valence-electron chi connectivity index (χ1n) is 9.00. The molecule has 1 N–H and O–H groups in total. The highest BCUT2D eigenvalue weighted by Crippen LogP contribution is 2.27. The molecule has 2 saturated carbocycles. The number of rotatable bonds is 5. The Bertz CT molecular complexity index is 395. The number of nitrogens with one attached hydrogen (secondary N) is 1. The van der Waals surface area contributed by atoms with E-state index in [0.29, 0.717) is 24.4 Å². The third-order valence-electron chi connectivity index (χ3n) is 5.22. The van der Waals surface area contributed by atoms with Crippen molar-refractivity contribution in [1.29, 1.82) is 0 Å². The van der Waals surface area contributed by atoms with Gasteiger partial charge in [0.15, 0.2) is 0 Å². The van der Waals surface area contributed by atoms with E-state index in [-0.39, 0.29) is 5.91 Å². The molecule has 0 radical (unpaired) electrons. The van der Waals surface area contributed by atoms with Crippen molar-refractivity contribution in [1.82, 2.24) is 15.1 Å². The maximum atomic E-state index is 12.4. The van der Waals surface area contributed by atoms with Crippen molar-refractivity contribution in [2.24, 2.45) is 5.92 Å². The first kappa shape index (κ1) is 15.8. The van der Waals surface area contributed by atoms with Gasteiger partial charge in [0.1, 0.15) is 0 Å². The topological polar surface area (TPSA) is 52.7 Å². The summed E-state index contributed by atoms with van der Waals surface area (Å²) in [6, 6.07) is 0.436. The molecule has 0 aromatic carbocycles. The van der Waals surface area contributed by atoms with Crippen LogP contribution in [0.15, 0.2) is 0 Å². The Hall–Kier alpha value is -1.10. The SMILES string of the molecule is O=C(CN1CCN(C(=O)CC2CCCCC2)CC1)NC1CC1. The lowest BCUT2D eigenvalue weighted by Crippen LogP contribution is -2.51. The molecule has 0 spiro atoms. The summed E-state index contributed by atoms with van der Waals surface area (Å²) in [6.45, 7) is 3.70. The Kier molecular flexibility index (Phi) is 5.34. The number of carbonyl (C=O) groups is 2. The van der Waals surface area contributed by atoms with Crippen molar-refractivity contribution >= 4 is 11.8 Å². The molecule has 1 saturated heterocycles. The third-order valence-corrected chi connectivity index (χ3v) is 5.22. The second-order valence-corrected chi connectivity index (χ2v) is 7.21. The smallest absolute Gasteiger partial charge is 0.234 e. The molecule has 5 heteroatoms. The molecule has 0 bridgehead atoms. The molecule has 0 aromatic heterocycles. The van der Waals surface area contributed by atoms with E-state index >= 15 is 0 Å². The maximum absolute atomic E-state index is 12.4. The molecule has 0 atom stereocenters. The van der Waals surface area contributed by atoms with Gasteiger partial charge in [0.25, 0.3) is 0 Å². The molecular weight excluding hydrogens is 278 g/mol. The molecule has 22 heavy (non-hydrogen) atoms. The zero-order valence-electron chi connectivity index (χ0n) is 13.6. The van der Waals surface area contributed by atoms with Gasteiger partial charge in [-0.2, -0.15) is 0 Å². The maximum Gasteiger partial charge on any atom is 0.234 e. The normalized spacial score (nSPS) is 24.3. The van der Waals surface area contributed by atoms with E-state index in [1.165, 1.54) is 32.1 Å². The van der Waals surface area contributed by atoms with E-state index in [4.69, 9.17) is 0 Å². The quantitative estimate of drug-likeness (QED) is 0.835. The monoisotopic (exact) mass is 307 g/mol. The first-order chi connectivity index (χ1) is 10.7. The van der Waals surface area contributed by atoms with Crippen molar-refractivity contribution in [3.8, 4) is 0 Å². The van der Waals surface area contributed by atoms with E-state index in [1.807, 2.05) is 4.90 Å². The van der Waals surface area contributed by atoms with Gasteiger partial charge >= 0.3 is 0 Å². The minimum absolute atomic E-state index is 0.143. The molecule has 0 aromatic rings. The van der Waals surface area contributed by atoms with Gasteiger partial charge in [-0.15, -0.1) is 0 Å². The zero-order chi connectivity index (χ0) is 15.4. The lowest BCUT2D eigenvalue weighted by atomic mass is 9.86. The highest BCUT2D eigenvalue weighted by molar-refractivity contribution is 5.79. The highest BCUT2D eigenvalue weighted by Gasteiger charge is 2.27. The first-order valence-corrected chi connectivity index (χ1v) is 9.00. The molecular formula is C17H29N3O2.